The zero-order valence-electron chi connectivity index (χ0n) is 8.21. The SMILES string of the molecule is O=C/C(O)=C/C=C/C=C/c1ccccc1. The first kappa shape index (κ1) is 11.0. The number of allylic oxidation sites excluding steroid dienone is 5. The van der Waals surface area contributed by atoms with Crippen LogP contribution in [0.1, 0.15) is 5.56 Å². The highest BCUT2D eigenvalue weighted by Crippen LogP contribution is 2.00. The third-order valence-electron chi connectivity index (χ3n) is 1.70. The molecule has 1 aromatic carbocycles. The molecule has 2 nitrogen and oxygen atoms in total. The van der Waals surface area contributed by atoms with Gasteiger partial charge in [-0.05, 0) is 11.6 Å². The number of carbonyl (C=O) groups excluding carboxylic acids is 1. The molecule has 0 aliphatic carbocycles. The Balaban J connectivity index is 2.50. The van der Waals surface area contributed by atoms with E-state index >= 15 is 0 Å². The van der Waals surface area contributed by atoms with Crippen molar-refractivity contribution in [3.8, 4) is 0 Å². The summed E-state index contributed by atoms with van der Waals surface area (Å²) in [4.78, 5) is 10.0. The highest BCUT2D eigenvalue weighted by Gasteiger charge is 1.81. The molecule has 15 heavy (non-hydrogen) atoms. The second-order valence-electron chi connectivity index (χ2n) is 2.86. The van der Waals surface area contributed by atoms with E-state index in [0.717, 1.165) is 5.56 Å². The van der Waals surface area contributed by atoms with Gasteiger partial charge < -0.3 is 5.11 Å². The molecule has 0 spiro atoms. The van der Waals surface area contributed by atoms with E-state index in [0.29, 0.717) is 6.29 Å². The van der Waals surface area contributed by atoms with Gasteiger partial charge in [-0.25, -0.2) is 0 Å². The first-order valence-electron chi connectivity index (χ1n) is 4.57. The van der Waals surface area contributed by atoms with Crippen molar-refractivity contribution in [2.24, 2.45) is 0 Å². The molecule has 0 saturated heterocycles. The minimum absolute atomic E-state index is 0.278. The zero-order chi connectivity index (χ0) is 10.9. The molecule has 1 N–H and O–H groups in total. The van der Waals surface area contributed by atoms with Gasteiger partial charge in [0.2, 0.25) is 0 Å². The van der Waals surface area contributed by atoms with Gasteiger partial charge >= 0.3 is 0 Å². The zero-order valence-corrected chi connectivity index (χ0v) is 8.21. The number of rotatable bonds is 4. The van der Waals surface area contributed by atoms with Gasteiger partial charge in [0.15, 0.2) is 12.0 Å². The molecule has 0 saturated carbocycles. The first-order chi connectivity index (χ1) is 7.33. The summed E-state index contributed by atoms with van der Waals surface area (Å²) in [5, 5.41) is 8.79. The minimum atomic E-state index is -0.278. The average Bonchev–Trinajstić information content (AvgIpc) is 2.29. The molecule has 2 heteroatoms. The van der Waals surface area contributed by atoms with Gasteiger partial charge in [-0.15, -0.1) is 0 Å². The predicted molar refractivity (Wildman–Crippen MR) is 61.4 cm³/mol. The second-order valence-corrected chi connectivity index (χ2v) is 2.86. The Kier molecular flexibility index (Phi) is 4.67. The van der Waals surface area contributed by atoms with Gasteiger partial charge in [0.25, 0.3) is 0 Å². The van der Waals surface area contributed by atoms with Gasteiger partial charge in [0, 0.05) is 0 Å². The van der Waals surface area contributed by atoms with Crippen molar-refractivity contribution >= 4 is 12.4 Å². The lowest BCUT2D eigenvalue weighted by Crippen LogP contribution is -1.77. The standard InChI is InChI=1S/C13H12O2/c14-11-13(15)10-6-2-5-9-12-7-3-1-4-8-12/h1-11,15H/b6-2+,9-5+,13-10-. The van der Waals surface area contributed by atoms with Crippen LogP contribution < -0.4 is 0 Å². The third kappa shape index (κ3) is 4.62. The van der Waals surface area contributed by atoms with Crippen LogP contribution in [-0.2, 0) is 4.79 Å². The van der Waals surface area contributed by atoms with Crippen LogP contribution in [0, 0.1) is 0 Å². The van der Waals surface area contributed by atoms with E-state index in [-0.39, 0.29) is 5.76 Å². The highest BCUT2D eigenvalue weighted by atomic mass is 16.3. The third-order valence-corrected chi connectivity index (χ3v) is 1.70. The lowest BCUT2D eigenvalue weighted by atomic mass is 10.2. The number of benzene rings is 1. The number of hydrogen-bond acceptors (Lipinski definition) is 2. The lowest BCUT2D eigenvalue weighted by Gasteiger charge is -1.88. The molecule has 1 rings (SSSR count). The summed E-state index contributed by atoms with van der Waals surface area (Å²) in [5.74, 6) is -0.278. The van der Waals surface area contributed by atoms with Crippen LogP contribution in [0.5, 0.6) is 0 Å². The van der Waals surface area contributed by atoms with E-state index < -0.39 is 0 Å². The summed E-state index contributed by atoms with van der Waals surface area (Å²) in [7, 11) is 0. The molecule has 0 atom stereocenters. The van der Waals surface area contributed by atoms with Gasteiger partial charge in [0.05, 0.1) is 0 Å². The van der Waals surface area contributed by atoms with Crippen LogP contribution in [0.2, 0.25) is 0 Å². The van der Waals surface area contributed by atoms with Crippen molar-refractivity contribution in [3.05, 3.63) is 66.0 Å². The van der Waals surface area contributed by atoms with E-state index in [2.05, 4.69) is 0 Å². The average molecular weight is 200 g/mol. The molecule has 0 radical (unpaired) electrons. The van der Waals surface area contributed by atoms with Gasteiger partial charge in [0.1, 0.15) is 0 Å². The molecule has 0 unspecified atom stereocenters. The van der Waals surface area contributed by atoms with Crippen molar-refractivity contribution in [2.45, 2.75) is 0 Å². The van der Waals surface area contributed by atoms with Crippen LogP contribution in [0.4, 0.5) is 0 Å². The Morgan fingerprint density at radius 2 is 1.80 bits per heavy atom. The van der Waals surface area contributed by atoms with Crippen molar-refractivity contribution < 1.29 is 9.90 Å². The maximum atomic E-state index is 10.0. The Bertz CT molecular complexity index is 386. The number of hydrogen-bond donors (Lipinski definition) is 1. The molecular weight excluding hydrogens is 188 g/mol. The minimum Gasteiger partial charge on any atom is -0.505 e. The number of aliphatic hydroxyl groups is 1. The molecule has 0 aliphatic rings. The Morgan fingerprint density at radius 3 is 2.47 bits per heavy atom. The fraction of sp³-hybridized carbons (Fsp3) is 0. The number of carbonyl (C=O) groups is 1. The lowest BCUT2D eigenvalue weighted by molar-refractivity contribution is -0.106. The molecular formula is C13H12O2. The fourth-order valence-electron chi connectivity index (χ4n) is 0.988. The van der Waals surface area contributed by atoms with Gasteiger partial charge in [-0.1, -0.05) is 54.6 Å². The molecule has 0 fully saturated rings. The number of aliphatic hydroxyl groups excluding tert-OH is 1. The van der Waals surface area contributed by atoms with Crippen molar-refractivity contribution in [3.63, 3.8) is 0 Å². The van der Waals surface area contributed by atoms with Crippen LogP contribution in [0.25, 0.3) is 6.08 Å². The molecule has 0 aliphatic heterocycles. The molecule has 0 aromatic heterocycles. The van der Waals surface area contributed by atoms with E-state index in [4.69, 9.17) is 5.11 Å². The summed E-state index contributed by atoms with van der Waals surface area (Å²) < 4.78 is 0. The molecule has 1 aromatic rings. The highest BCUT2D eigenvalue weighted by molar-refractivity contribution is 5.70. The van der Waals surface area contributed by atoms with Crippen LogP contribution in [0.3, 0.4) is 0 Å². The van der Waals surface area contributed by atoms with Crippen LogP contribution in [-0.4, -0.2) is 11.4 Å². The first-order valence-corrected chi connectivity index (χ1v) is 4.57. The quantitative estimate of drug-likeness (QED) is 0.351. The van der Waals surface area contributed by atoms with Crippen molar-refractivity contribution in [1.82, 2.24) is 0 Å². The summed E-state index contributed by atoms with van der Waals surface area (Å²) in [5.41, 5.74) is 1.10. The number of aldehydes is 1. The smallest absolute Gasteiger partial charge is 0.184 e. The maximum Gasteiger partial charge on any atom is 0.184 e. The van der Waals surface area contributed by atoms with Crippen LogP contribution >= 0.6 is 0 Å². The van der Waals surface area contributed by atoms with E-state index in [1.165, 1.54) is 6.08 Å². The Labute approximate surface area is 88.9 Å². The normalized spacial score (nSPS) is 12.4. The van der Waals surface area contributed by atoms with Gasteiger partial charge in [-0.3, -0.25) is 4.79 Å². The Morgan fingerprint density at radius 1 is 1.07 bits per heavy atom. The topological polar surface area (TPSA) is 37.3 Å². The summed E-state index contributed by atoms with van der Waals surface area (Å²) in [6, 6.07) is 9.85. The van der Waals surface area contributed by atoms with Crippen LogP contribution in [0.15, 0.2) is 60.4 Å². The van der Waals surface area contributed by atoms with Gasteiger partial charge in [-0.2, -0.15) is 0 Å². The maximum absolute atomic E-state index is 10.0. The molecule has 0 amide bonds. The van der Waals surface area contributed by atoms with E-state index in [1.807, 2.05) is 42.5 Å². The molecule has 76 valence electrons. The van der Waals surface area contributed by atoms with Crippen molar-refractivity contribution in [1.29, 1.82) is 0 Å². The Hall–Kier alpha value is -2.09. The fourth-order valence-corrected chi connectivity index (χ4v) is 0.988. The molecule has 0 bridgehead atoms. The van der Waals surface area contributed by atoms with E-state index in [9.17, 15) is 4.79 Å². The predicted octanol–water partition coefficient (Wildman–Crippen LogP) is 2.90. The summed E-state index contributed by atoms with van der Waals surface area (Å²) in [6.07, 6.45) is 8.84. The van der Waals surface area contributed by atoms with E-state index in [1.54, 1.807) is 12.2 Å². The second kappa shape index (κ2) is 6.38. The van der Waals surface area contributed by atoms with Crippen molar-refractivity contribution in [2.75, 3.05) is 0 Å². The monoisotopic (exact) mass is 200 g/mol. The largest absolute Gasteiger partial charge is 0.505 e. The summed E-state index contributed by atoms with van der Waals surface area (Å²) in [6.45, 7) is 0. The molecule has 0 heterocycles. The summed E-state index contributed by atoms with van der Waals surface area (Å²) >= 11 is 0.